The molecule has 3 nitrogen and oxygen atoms in total. The van der Waals surface area contributed by atoms with Crippen molar-refractivity contribution in [1.82, 2.24) is 0 Å². The molecule has 0 aromatic rings. The fourth-order valence-corrected chi connectivity index (χ4v) is 1.23. The van der Waals surface area contributed by atoms with Gasteiger partial charge in [0.25, 0.3) is 0 Å². The predicted molar refractivity (Wildman–Crippen MR) is 36.4 cm³/mol. The van der Waals surface area contributed by atoms with Gasteiger partial charge in [-0.1, -0.05) is 6.92 Å². The van der Waals surface area contributed by atoms with E-state index in [2.05, 4.69) is 0 Å². The van der Waals surface area contributed by atoms with Gasteiger partial charge < -0.3 is 14.9 Å². The van der Waals surface area contributed by atoms with E-state index in [4.69, 9.17) is 9.84 Å². The van der Waals surface area contributed by atoms with Gasteiger partial charge in [-0.15, -0.1) is 0 Å². The molecule has 0 aromatic heterocycles. The summed E-state index contributed by atoms with van der Waals surface area (Å²) in [6.45, 7) is 3.55. The Labute approximate surface area is 60.6 Å². The first kappa shape index (κ1) is 7.98. The van der Waals surface area contributed by atoms with E-state index in [1.165, 1.54) is 0 Å². The molecule has 1 aliphatic heterocycles. The average Bonchev–Trinajstić information content (AvgIpc) is 2.08. The van der Waals surface area contributed by atoms with Crippen molar-refractivity contribution in [3.8, 4) is 0 Å². The van der Waals surface area contributed by atoms with Gasteiger partial charge in [0.15, 0.2) is 5.79 Å². The first-order chi connectivity index (χ1) is 4.56. The molecule has 1 aliphatic rings. The summed E-state index contributed by atoms with van der Waals surface area (Å²) >= 11 is 0. The van der Waals surface area contributed by atoms with Crippen LogP contribution in [0.15, 0.2) is 0 Å². The van der Waals surface area contributed by atoms with Crippen LogP contribution in [0.2, 0.25) is 0 Å². The molecule has 0 aromatic carbocycles. The molecule has 3 unspecified atom stereocenters. The third-order valence-corrected chi connectivity index (χ3v) is 2.14. The Morgan fingerprint density at radius 3 is 2.50 bits per heavy atom. The largest absolute Gasteiger partial charge is 0.394 e. The van der Waals surface area contributed by atoms with E-state index < -0.39 is 5.79 Å². The van der Waals surface area contributed by atoms with E-state index in [9.17, 15) is 5.11 Å². The second kappa shape index (κ2) is 2.49. The van der Waals surface area contributed by atoms with Gasteiger partial charge in [0.1, 0.15) is 0 Å². The maximum absolute atomic E-state index is 9.43. The lowest BCUT2D eigenvalue weighted by Crippen LogP contribution is -2.30. The van der Waals surface area contributed by atoms with E-state index in [-0.39, 0.29) is 18.6 Å². The molecule has 1 heterocycles. The molecule has 10 heavy (non-hydrogen) atoms. The Kier molecular flexibility index (Phi) is 1.99. The standard InChI is InChI=1S/C7H14O3/c1-5-3-6(4-8)10-7(5,2)9/h5-6,8-9H,3-4H2,1-2H3. The Balaban J connectivity index is 2.53. The third-order valence-electron chi connectivity index (χ3n) is 2.14. The van der Waals surface area contributed by atoms with Gasteiger partial charge in [-0.3, -0.25) is 0 Å². The summed E-state index contributed by atoms with van der Waals surface area (Å²) in [4.78, 5) is 0. The smallest absolute Gasteiger partial charge is 0.165 e. The molecule has 60 valence electrons. The van der Waals surface area contributed by atoms with Crippen molar-refractivity contribution in [2.45, 2.75) is 32.2 Å². The number of aliphatic hydroxyl groups excluding tert-OH is 1. The number of ether oxygens (including phenoxy) is 1. The zero-order valence-electron chi connectivity index (χ0n) is 6.37. The molecule has 1 saturated heterocycles. The van der Waals surface area contributed by atoms with E-state index in [1.807, 2.05) is 6.92 Å². The normalized spacial score (nSPS) is 48.0. The summed E-state index contributed by atoms with van der Waals surface area (Å²) < 4.78 is 5.12. The Morgan fingerprint density at radius 2 is 2.30 bits per heavy atom. The van der Waals surface area contributed by atoms with Crippen LogP contribution in [0.5, 0.6) is 0 Å². The van der Waals surface area contributed by atoms with Crippen molar-refractivity contribution >= 4 is 0 Å². The molecule has 0 amide bonds. The molecule has 0 saturated carbocycles. The Bertz CT molecular complexity index is 122. The number of hydrogen-bond acceptors (Lipinski definition) is 3. The highest BCUT2D eigenvalue weighted by Gasteiger charge is 2.40. The minimum Gasteiger partial charge on any atom is -0.394 e. The summed E-state index contributed by atoms with van der Waals surface area (Å²) in [7, 11) is 0. The molecule has 1 rings (SSSR count). The van der Waals surface area contributed by atoms with E-state index in [0.29, 0.717) is 0 Å². The van der Waals surface area contributed by atoms with Gasteiger partial charge in [-0.05, 0) is 13.3 Å². The second-order valence-corrected chi connectivity index (χ2v) is 3.11. The maximum atomic E-state index is 9.43. The molecule has 3 atom stereocenters. The first-order valence-electron chi connectivity index (χ1n) is 3.57. The van der Waals surface area contributed by atoms with Crippen molar-refractivity contribution < 1.29 is 14.9 Å². The van der Waals surface area contributed by atoms with Crippen molar-refractivity contribution in [3.63, 3.8) is 0 Å². The van der Waals surface area contributed by atoms with Crippen molar-refractivity contribution in [1.29, 1.82) is 0 Å². The summed E-state index contributed by atoms with van der Waals surface area (Å²) in [6, 6.07) is 0. The highest BCUT2D eigenvalue weighted by atomic mass is 16.6. The monoisotopic (exact) mass is 146 g/mol. The zero-order valence-corrected chi connectivity index (χ0v) is 6.37. The molecule has 1 fully saturated rings. The van der Waals surface area contributed by atoms with Gasteiger partial charge in [0, 0.05) is 5.92 Å². The minimum atomic E-state index is -1.03. The Hall–Kier alpha value is -0.120. The molecular weight excluding hydrogens is 132 g/mol. The quantitative estimate of drug-likeness (QED) is 0.552. The first-order valence-corrected chi connectivity index (χ1v) is 3.57. The topological polar surface area (TPSA) is 49.7 Å². The van der Waals surface area contributed by atoms with Gasteiger partial charge in [0.05, 0.1) is 12.7 Å². The minimum absolute atomic E-state index is 0.000486. The van der Waals surface area contributed by atoms with E-state index >= 15 is 0 Å². The predicted octanol–water partition coefficient (Wildman–Crippen LogP) is 0.112. The van der Waals surface area contributed by atoms with Gasteiger partial charge in [-0.25, -0.2) is 0 Å². The molecule has 0 bridgehead atoms. The highest BCUT2D eigenvalue weighted by Crippen LogP contribution is 2.32. The lowest BCUT2D eigenvalue weighted by atomic mass is 10.0. The van der Waals surface area contributed by atoms with E-state index in [1.54, 1.807) is 6.92 Å². The zero-order chi connectivity index (χ0) is 7.78. The lowest BCUT2D eigenvalue weighted by molar-refractivity contribution is -0.200. The van der Waals surface area contributed by atoms with Gasteiger partial charge in [-0.2, -0.15) is 0 Å². The fourth-order valence-electron chi connectivity index (χ4n) is 1.23. The van der Waals surface area contributed by atoms with E-state index in [0.717, 1.165) is 6.42 Å². The molecule has 0 radical (unpaired) electrons. The van der Waals surface area contributed by atoms with Crippen molar-refractivity contribution in [3.05, 3.63) is 0 Å². The molecule has 2 N–H and O–H groups in total. The van der Waals surface area contributed by atoms with Crippen LogP contribution in [0.3, 0.4) is 0 Å². The molecule has 0 spiro atoms. The van der Waals surface area contributed by atoms with Crippen molar-refractivity contribution in [2.75, 3.05) is 6.61 Å². The lowest BCUT2D eigenvalue weighted by Gasteiger charge is -2.20. The SMILES string of the molecule is CC1CC(CO)OC1(C)O. The van der Waals surface area contributed by atoms with Crippen LogP contribution in [0, 0.1) is 5.92 Å². The van der Waals surface area contributed by atoms with Gasteiger partial charge in [0.2, 0.25) is 0 Å². The Morgan fingerprint density at radius 1 is 1.70 bits per heavy atom. The van der Waals surface area contributed by atoms with Crippen LogP contribution in [0.1, 0.15) is 20.3 Å². The van der Waals surface area contributed by atoms with Crippen LogP contribution in [0.4, 0.5) is 0 Å². The average molecular weight is 146 g/mol. The summed E-state index contributed by atoms with van der Waals surface area (Å²) in [5.74, 6) is -0.919. The summed E-state index contributed by atoms with van der Waals surface area (Å²) in [5, 5.41) is 18.1. The number of rotatable bonds is 1. The fraction of sp³-hybridized carbons (Fsp3) is 1.00. The summed E-state index contributed by atoms with van der Waals surface area (Å²) in [5.41, 5.74) is 0. The third kappa shape index (κ3) is 1.31. The number of aliphatic hydroxyl groups is 2. The van der Waals surface area contributed by atoms with Crippen LogP contribution >= 0.6 is 0 Å². The van der Waals surface area contributed by atoms with Crippen LogP contribution in [-0.2, 0) is 4.74 Å². The van der Waals surface area contributed by atoms with Crippen LogP contribution in [0.25, 0.3) is 0 Å². The van der Waals surface area contributed by atoms with Crippen molar-refractivity contribution in [2.24, 2.45) is 5.92 Å². The summed E-state index contributed by atoms with van der Waals surface area (Å²) in [6.07, 6.45) is 0.564. The van der Waals surface area contributed by atoms with Crippen LogP contribution in [-0.4, -0.2) is 28.7 Å². The molecule has 0 aliphatic carbocycles. The molecule has 3 heteroatoms. The van der Waals surface area contributed by atoms with Gasteiger partial charge >= 0.3 is 0 Å². The van der Waals surface area contributed by atoms with Crippen LogP contribution < -0.4 is 0 Å². The maximum Gasteiger partial charge on any atom is 0.165 e. The number of hydrogen-bond donors (Lipinski definition) is 2. The molecular formula is C7H14O3. The highest BCUT2D eigenvalue weighted by molar-refractivity contribution is 4.81. The second-order valence-electron chi connectivity index (χ2n) is 3.11.